The summed E-state index contributed by atoms with van der Waals surface area (Å²) in [5, 5.41) is 12.6. The lowest BCUT2D eigenvalue weighted by Gasteiger charge is -2.22. The average Bonchev–Trinajstić information content (AvgIpc) is 2.38. The molecule has 1 rings (SSSR count). The molecular weight excluding hydrogens is 246 g/mol. The van der Waals surface area contributed by atoms with Crippen LogP contribution in [0.4, 0.5) is 0 Å². The van der Waals surface area contributed by atoms with Crippen LogP contribution in [0.15, 0.2) is 18.2 Å². The van der Waals surface area contributed by atoms with Gasteiger partial charge in [0.1, 0.15) is 6.10 Å². The van der Waals surface area contributed by atoms with Gasteiger partial charge in [0.05, 0.1) is 6.61 Å². The monoisotopic (exact) mass is 265 g/mol. The summed E-state index contributed by atoms with van der Waals surface area (Å²) in [4.78, 5) is 22.3. The number of amides is 1. The van der Waals surface area contributed by atoms with E-state index in [1.807, 2.05) is 19.9 Å². The number of ether oxygens (including phenoxy) is 1. The lowest BCUT2D eigenvalue weighted by Crippen LogP contribution is -2.42. The third-order valence-corrected chi connectivity index (χ3v) is 3.07. The number of nitrogens with one attached hydrogen (secondary N) is 1. The Morgan fingerprint density at radius 1 is 1.47 bits per heavy atom. The third kappa shape index (κ3) is 3.54. The highest BCUT2D eigenvalue weighted by Gasteiger charge is 2.29. The summed E-state index contributed by atoms with van der Waals surface area (Å²) >= 11 is 0. The topological polar surface area (TPSA) is 75.6 Å². The number of aryl methyl sites for hydroxylation is 1. The van der Waals surface area contributed by atoms with Crippen LogP contribution in [0.1, 0.15) is 29.7 Å². The van der Waals surface area contributed by atoms with Crippen molar-refractivity contribution in [1.82, 2.24) is 5.32 Å². The highest BCUT2D eigenvalue weighted by atomic mass is 16.5. The minimum Gasteiger partial charge on any atom is -0.464 e. The molecule has 1 amide bonds. The van der Waals surface area contributed by atoms with Crippen LogP contribution in [0.3, 0.4) is 0 Å². The Kier molecular flexibility index (Phi) is 5.51. The van der Waals surface area contributed by atoms with Gasteiger partial charge >= 0.3 is 5.97 Å². The number of aliphatic hydroxyl groups excluding tert-OH is 1. The zero-order valence-electron chi connectivity index (χ0n) is 11.3. The van der Waals surface area contributed by atoms with Gasteiger partial charge in [-0.25, -0.2) is 4.79 Å². The van der Waals surface area contributed by atoms with Gasteiger partial charge in [-0.05, 0) is 37.5 Å². The van der Waals surface area contributed by atoms with E-state index in [1.165, 1.54) is 0 Å². The van der Waals surface area contributed by atoms with E-state index in [-0.39, 0.29) is 6.61 Å². The van der Waals surface area contributed by atoms with Crippen LogP contribution in [0.2, 0.25) is 0 Å². The zero-order valence-corrected chi connectivity index (χ0v) is 11.3. The van der Waals surface area contributed by atoms with E-state index in [2.05, 4.69) is 5.32 Å². The number of esters is 1. The number of hydrogen-bond acceptors (Lipinski definition) is 4. The number of benzene rings is 1. The van der Waals surface area contributed by atoms with E-state index < -0.39 is 18.1 Å². The zero-order chi connectivity index (χ0) is 14.4. The van der Waals surface area contributed by atoms with E-state index in [4.69, 9.17) is 4.74 Å². The predicted octanol–water partition coefficient (Wildman–Crippen LogP) is 1.01. The maximum Gasteiger partial charge on any atom is 0.331 e. The number of hydrogen-bond donors (Lipinski definition) is 2. The van der Waals surface area contributed by atoms with E-state index in [9.17, 15) is 14.7 Å². The fraction of sp³-hybridized carbons (Fsp3) is 0.429. The molecule has 104 valence electrons. The first-order valence-electron chi connectivity index (χ1n) is 6.13. The van der Waals surface area contributed by atoms with Gasteiger partial charge in [0, 0.05) is 0 Å². The van der Waals surface area contributed by atoms with Crippen molar-refractivity contribution in [2.24, 2.45) is 0 Å². The van der Waals surface area contributed by atoms with Crippen molar-refractivity contribution in [2.75, 3.05) is 6.61 Å². The van der Waals surface area contributed by atoms with Gasteiger partial charge in [-0.15, -0.1) is 0 Å². The molecule has 2 unspecified atom stereocenters. The van der Waals surface area contributed by atoms with Gasteiger partial charge in [0.2, 0.25) is 6.41 Å². The van der Waals surface area contributed by atoms with Gasteiger partial charge in [0.25, 0.3) is 0 Å². The van der Waals surface area contributed by atoms with Crippen LogP contribution in [0, 0.1) is 13.8 Å². The third-order valence-electron chi connectivity index (χ3n) is 3.07. The summed E-state index contributed by atoms with van der Waals surface area (Å²) in [6.45, 7) is 5.63. The van der Waals surface area contributed by atoms with E-state index >= 15 is 0 Å². The Hall–Kier alpha value is -1.88. The van der Waals surface area contributed by atoms with E-state index in [0.29, 0.717) is 12.0 Å². The highest BCUT2D eigenvalue weighted by molar-refractivity contribution is 5.79. The van der Waals surface area contributed by atoms with Crippen LogP contribution < -0.4 is 5.32 Å². The molecule has 1 aromatic carbocycles. The summed E-state index contributed by atoms with van der Waals surface area (Å²) in [5.74, 6) is -0.650. The Morgan fingerprint density at radius 3 is 2.74 bits per heavy atom. The maximum absolute atomic E-state index is 11.7. The molecule has 0 aliphatic carbocycles. The van der Waals surface area contributed by atoms with Crippen molar-refractivity contribution in [3.05, 3.63) is 34.9 Å². The van der Waals surface area contributed by atoms with Crippen molar-refractivity contribution in [1.29, 1.82) is 0 Å². The van der Waals surface area contributed by atoms with Crippen molar-refractivity contribution in [3.8, 4) is 0 Å². The Morgan fingerprint density at radius 2 is 2.16 bits per heavy atom. The summed E-state index contributed by atoms with van der Waals surface area (Å²) in [5.41, 5.74) is 2.50. The smallest absolute Gasteiger partial charge is 0.331 e. The summed E-state index contributed by atoms with van der Waals surface area (Å²) < 4.78 is 4.85. The van der Waals surface area contributed by atoms with E-state index in [1.54, 1.807) is 19.1 Å². The van der Waals surface area contributed by atoms with Crippen molar-refractivity contribution in [2.45, 2.75) is 32.9 Å². The fourth-order valence-corrected chi connectivity index (χ4v) is 1.87. The molecule has 0 spiro atoms. The first-order chi connectivity index (χ1) is 9.02. The molecule has 19 heavy (non-hydrogen) atoms. The van der Waals surface area contributed by atoms with Crippen LogP contribution in [0.25, 0.3) is 0 Å². The van der Waals surface area contributed by atoms with Gasteiger partial charge in [-0.2, -0.15) is 0 Å². The quantitative estimate of drug-likeness (QED) is 0.594. The molecule has 2 atom stereocenters. The summed E-state index contributed by atoms with van der Waals surface area (Å²) in [6, 6.07) is 4.34. The molecule has 1 aromatic rings. The number of carbonyl (C=O) groups excluding carboxylic acids is 2. The Bertz CT molecular complexity index is 459. The standard InChI is InChI=1S/C14H19NO4/c1-4-19-14(18)12(15-8-16)13(17)11-7-5-6-9(2)10(11)3/h5-8,12-13,17H,4H2,1-3H3,(H,15,16). The number of rotatable bonds is 6. The van der Waals surface area contributed by atoms with E-state index in [0.717, 1.165) is 11.1 Å². The second kappa shape index (κ2) is 6.89. The summed E-state index contributed by atoms with van der Waals surface area (Å²) in [7, 11) is 0. The molecular formula is C14H19NO4. The molecule has 5 heteroatoms. The van der Waals surface area contributed by atoms with Gasteiger partial charge in [0.15, 0.2) is 6.04 Å². The molecule has 2 N–H and O–H groups in total. The van der Waals surface area contributed by atoms with Crippen molar-refractivity contribution >= 4 is 12.4 Å². The number of carbonyl (C=O) groups is 2. The molecule has 0 aliphatic heterocycles. The van der Waals surface area contributed by atoms with Gasteiger partial charge in [-0.1, -0.05) is 18.2 Å². The molecule has 0 aliphatic rings. The molecule has 0 saturated carbocycles. The van der Waals surface area contributed by atoms with Crippen molar-refractivity contribution < 1.29 is 19.4 Å². The Labute approximate surface area is 112 Å². The first-order valence-corrected chi connectivity index (χ1v) is 6.13. The average molecular weight is 265 g/mol. The van der Waals surface area contributed by atoms with Crippen molar-refractivity contribution in [3.63, 3.8) is 0 Å². The van der Waals surface area contributed by atoms with Crippen LogP contribution in [0.5, 0.6) is 0 Å². The van der Waals surface area contributed by atoms with Crippen LogP contribution in [-0.2, 0) is 14.3 Å². The molecule has 0 saturated heterocycles. The minimum absolute atomic E-state index is 0.190. The molecule has 0 aromatic heterocycles. The molecule has 0 fully saturated rings. The summed E-state index contributed by atoms with van der Waals surface area (Å²) in [6.07, 6.45) is -0.750. The first kappa shape index (κ1) is 15.2. The lowest BCUT2D eigenvalue weighted by atomic mass is 9.95. The second-order valence-electron chi connectivity index (χ2n) is 4.25. The number of aliphatic hydroxyl groups is 1. The van der Waals surface area contributed by atoms with Gasteiger partial charge in [-0.3, -0.25) is 4.79 Å². The maximum atomic E-state index is 11.7. The predicted molar refractivity (Wildman–Crippen MR) is 70.5 cm³/mol. The Balaban J connectivity index is 3.05. The lowest BCUT2D eigenvalue weighted by molar-refractivity contribution is -0.149. The molecule has 0 heterocycles. The SMILES string of the molecule is CCOC(=O)C(NC=O)C(O)c1cccc(C)c1C. The van der Waals surface area contributed by atoms with Gasteiger partial charge < -0.3 is 15.2 Å². The van der Waals surface area contributed by atoms with Crippen LogP contribution >= 0.6 is 0 Å². The second-order valence-corrected chi connectivity index (χ2v) is 4.25. The molecule has 5 nitrogen and oxygen atoms in total. The minimum atomic E-state index is -1.14. The molecule has 0 radical (unpaired) electrons. The van der Waals surface area contributed by atoms with Crippen LogP contribution in [-0.4, -0.2) is 30.1 Å². The molecule has 0 bridgehead atoms. The highest BCUT2D eigenvalue weighted by Crippen LogP contribution is 2.23. The fourth-order valence-electron chi connectivity index (χ4n) is 1.87. The largest absolute Gasteiger partial charge is 0.464 e. The normalized spacial score (nSPS) is 13.5.